The molecule has 0 heterocycles. The van der Waals surface area contributed by atoms with Crippen LogP contribution in [0.2, 0.25) is 0 Å². The number of rotatable bonds is 7. The molecule has 0 aromatic heterocycles. The first-order valence-corrected chi connectivity index (χ1v) is 7.57. The molecule has 1 amide bonds. The van der Waals surface area contributed by atoms with E-state index < -0.39 is 10.0 Å². The van der Waals surface area contributed by atoms with Gasteiger partial charge in [-0.2, -0.15) is 0 Å². The second kappa shape index (κ2) is 7.22. The van der Waals surface area contributed by atoms with E-state index in [2.05, 4.69) is 15.4 Å². The lowest BCUT2D eigenvalue weighted by Gasteiger charge is -2.10. The highest BCUT2D eigenvalue weighted by molar-refractivity contribution is 7.89. The minimum atomic E-state index is -3.19. The van der Waals surface area contributed by atoms with Gasteiger partial charge in [-0.05, 0) is 18.7 Å². The van der Waals surface area contributed by atoms with Crippen molar-refractivity contribution >= 4 is 21.6 Å². The molecule has 1 aromatic carbocycles. The molecule has 7 heteroatoms. The van der Waals surface area contributed by atoms with Gasteiger partial charge in [0.1, 0.15) is 0 Å². The topological polar surface area (TPSA) is 87.3 Å². The summed E-state index contributed by atoms with van der Waals surface area (Å²) in [5.74, 6) is -0.114. The third-order valence-corrected chi connectivity index (χ3v) is 3.87. The molecule has 106 valence electrons. The summed E-state index contributed by atoms with van der Waals surface area (Å²) in [5.41, 5.74) is 1.65. The van der Waals surface area contributed by atoms with Gasteiger partial charge in [0.05, 0.1) is 5.75 Å². The van der Waals surface area contributed by atoms with Gasteiger partial charge in [0.15, 0.2) is 0 Å². The fourth-order valence-electron chi connectivity index (χ4n) is 1.52. The number of anilines is 1. The van der Waals surface area contributed by atoms with E-state index in [0.29, 0.717) is 13.1 Å². The van der Waals surface area contributed by atoms with E-state index in [1.54, 1.807) is 0 Å². The number of hydrogen-bond acceptors (Lipinski definition) is 4. The molecule has 0 aliphatic carbocycles. The average molecular weight is 285 g/mol. The first kappa shape index (κ1) is 15.6. The van der Waals surface area contributed by atoms with E-state index in [0.717, 1.165) is 11.3 Å². The summed E-state index contributed by atoms with van der Waals surface area (Å²) in [6, 6.07) is 7.39. The van der Waals surface area contributed by atoms with Crippen LogP contribution in [0.25, 0.3) is 0 Å². The molecular formula is C12H19N3O3S. The smallest absolute Gasteiger partial charge is 0.221 e. The summed E-state index contributed by atoms with van der Waals surface area (Å²) in [6.07, 6.45) is 0. The van der Waals surface area contributed by atoms with Crippen LogP contribution in [-0.2, 0) is 21.4 Å². The molecule has 1 rings (SSSR count). The fraction of sp³-hybridized carbons (Fsp3) is 0.417. The molecule has 19 heavy (non-hydrogen) atoms. The average Bonchev–Trinajstić information content (AvgIpc) is 2.36. The third-order valence-electron chi connectivity index (χ3n) is 2.50. The standard InChI is InChI=1S/C12H19N3O3S/c1-10(16)15-12-6-4-3-5-11(12)9-14-7-8-19(17,18)13-2/h3-6,13-14H,7-9H2,1-2H3,(H,15,16). The zero-order valence-corrected chi connectivity index (χ0v) is 11.9. The van der Waals surface area contributed by atoms with Gasteiger partial charge in [0.25, 0.3) is 0 Å². The van der Waals surface area contributed by atoms with Crippen molar-refractivity contribution < 1.29 is 13.2 Å². The molecule has 0 saturated carbocycles. The SMILES string of the molecule is CNS(=O)(=O)CCNCc1ccccc1NC(C)=O. The van der Waals surface area contributed by atoms with E-state index in [1.807, 2.05) is 24.3 Å². The molecule has 0 fully saturated rings. The van der Waals surface area contributed by atoms with Crippen LogP contribution in [0.5, 0.6) is 0 Å². The highest BCUT2D eigenvalue weighted by Gasteiger charge is 2.06. The Morgan fingerprint density at radius 1 is 1.26 bits per heavy atom. The molecule has 0 saturated heterocycles. The van der Waals surface area contributed by atoms with E-state index >= 15 is 0 Å². The third kappa shape index (κ3) is 5.82. The Labute approximate surface area is 113 Å². The van der Waals surface area contributed by atoms with Crippen LogP contribution >= 0.6 is 0 Å². The van der Waals surface area contributed by atoms with Crippen molar-refractivity contribution in [3.05, 3.63) is 29.8 Å². The van der Waals surface area contributed by atoms with Crippen molar-refractivity contribution in [2.24, 2.45) is 0 Å². The van der Waals surface area contributed by atoms with Crippen LogP contribution in [0.3, 0.4) is 0 Å². The summed E-state index contributed by atoms with van der Waals surface area (Å²) in [5, 5.41) is 5.77. The fourth-order valence-corrected chi connectivity index (χ4v) is 2.13. The van der Waals surface area contributed by atoms with Crippen LogP contribution in [0, 0.1) is 0 Å². The van der Waals surface area contributed by atoms with Crippen LogP contribution in [0.15, 0.2) is 24.3 Å². The number of nitrogens with one attached hydrogen (secondary N) is 3. The first-order chi connectivity index (χ1) is 8.94. The van der Waals surface area contributed by atoms with Gasteiger partial charge in [-0.1, -0.05) is 18.2 Å². The molecule has 3 N–H and O–H groups in total. The van der Waals surface area contributed by atoms with Crippen LogP contribution in [-0.4, -0.2) is 33.7 Å². The number of amides is 1. The van der Waals surface area contributed by atoms with Gasteiger partial charge >= 0.3 is 0 Å². The Morgan fingerprint density at radius 2 is 1.95 bits per heavy atom. The van der Waals surface area contributed by atoms with Crippen molar-refractivity contribution in [3.63, 3.8) is 0 Å². The number of carbonyl (C=O) groups excluding carboxylic acids is 1. The van der Waals surface area contributed by atoms with E-state index in [1.165, 1.54) is 14.0 Å². The van der Waals surface area contributed by atoms with E-state index in [4.69, 9.17) is 0 Å². The van der Waals surface area contributed by atoms with E-state index in [9.17, 15) is 13.2 Å². The normalized spacial score (nSPS) is 11.3. The predicted molar refractivity (Wildman–Crippen MR) is 75.3 cm³/mol. The number of carbonyl (C=O) groups is 1. The van der Waals surface area contributed by atoms with Crippen molar-refractivity contribution in [3.8, 4) is 0 Å². The maximum atomic E-state index is 11.2. The van der Waals surface area contributed by atoms with Crippen molar-refractivity contribution in [2.75, 3.05) is 24.7 Å². The molecule has 0 spiro atoms. The number of para-hydroxylation sites is 1. The minimum Gasteiger partial charge on any atom is -0.326 e. The van der Waals surface area contributed by atoms with Gasteiger partial charge in [-0.3, -0.25) is 4.79 Å². The molecule has 6 nitrogen and oxygen atoms in total. The molecule has 0 atom stereocenters. The lowest BCUT2D eigenvalue weighted by molar-refractivity contribution is -0.114. The molecule has 0 aliphatic heterocycles. The Bertz CT molecular complexity index is 529. The first-order valence-electron chi connectivity index (χ1n) is 5.92. The van der Waals surface area contributed by atoms with Crippen molar-refractivity contribution in [1.29, 1.82) is 0 Å². The van der Waals surface area contributed by atoms with Crippen LogP contribution in [0.1, 0.15) is 12.5 Å². The summed E-state index contributed by atoms with van der Waals surface area (Å²) in [6.45, 7) is 2.29. The second-order valence-corrected chi connectivity index (χ2v) is 6.08. The Morgan fingerprint density at radius 3 is 2.58 bits per heavy atom. The van der Waals surface area contributed by atoms with Gasteiger partial charge in [0, 0.05) is 25.7 Å². The molecular weight excluding hydrogens is 266 g/mol. The number of benzene rings is 1. The minimum absolute atomic E-state index is 0.0196. The maximum absolute atomic E-state index is 11.2. The van der Waals surface area contributed by atoms with Gasteiger partial charge < -0.3 is 10.6 Å². The number of hydrogen-bond donors (Lipinski definition) is 3. The second-order valence-electron chi connectivity index (χ2n) is 4.04. The molecule has 0 aliphatic rings. The monoisotopic (exact) mass is 285 g/mol. The van der Waals surface area contributed by atoms with E-state index in [-0.39, 0.29) is 11.7 Å². The number of sulfonamides is 1. The molecule has 0 unspecified atom stereocenters. The molecule has 1 aromatic rings. The summed E-state index contributed by atoms with van der Waals surface area (Å²) >= 11 is 0. The highest BCUT2D eigenvalue weighted by Crippen LogP contribution is 2.14. The summed E-state index contributed by atoms with van der Waals surface area (Å²) in [7, 11) is -1.79. The van der Waals surface area contributed by atoms with Gasteiger partial charge in [-0.15, -0.1) is 0 Å². The molecule has 0 radical (unpaired) electrons. The van der Waals surface area contributed by atoms with Gasteiger partial charge in [-0.25, -0.2) is 13.1 Å². The maximum Gasteiger partial charge on any atom is 0.221 e. The van der Waals surface area contributed by atoms with Crippen LogP contribution in [0.4, 0.5) is 5.69 Å². The summed E-state index contributed by atoms with van der Waals surface area (Å²) in [4.78, 5) is 11.0. The van der Waals surface area contributed by atoms with Crippen molar-refractivity contribution in [2.45, 2.75) is 13.5 Å². The Kier molecular flexibility index (Phi) is 5.94. The lowest BCUT2D eigenvalue weighted by Crippen LogP contribution is -2.29. The van der Waals surface area contributed by atoms with Gasteiger partial charge in [0.2, 0.25) is 15.9 Å². The Balaban J connectivity index is 2.51. The molecule has 0 bridgehead atoms. The largest absolute Gasteiger partial charge is 0.326 e. The van der Waals surface area contributed by atoms with Crippen LogP contribution < -0.4 is 15.4 Å². The lowest BCUT2D eigenvalue weighted by atomic mass is 10.1. The summed E-state index contributed by atoms with van der Waals surface area (Å²) < 4.78 is 24.7. The highest BCUT2D eigenvalue weighted by atomic mass is 32.2. The quantitative estimate of drug-likeness (QED) is 0.628. The van der Waals surface area contributed by atoms with Crippen molar-refractivity contribution in [1.82, 2.24) is 10.0 Å². The predicted octanol–water partition coefficient (Wildman–Crippen LogP) is 0.284. The Hall–Kier alpha value is -1.44. The zero-order valence-electron chi connectivity index (χ0n) is 11.1. The zero-order chi connectivity index (χ0) is 14.3.